The normalized spacial score (nSPS) is 35.0. The van der Waals surface area contributed by atoms with Crippen LogP contribution in [-0.4, -0.2) is 16.7 Å². The van der Waals surface area contributed by atoms with Crippen molar-refractivity contribution in [1.82, 2.24) is 4.90 Å². The third kappa shape index (κ3) is 1.45. The molecule has 1 aromatic rings. The Morgan fingerprint density at radius 2 is 1.70 bits per heavy atom. The Morgan fingerprint density at radius 3 is 2.26 bits per heavy atom. The van der Waals surface area contributed by atoms with Gasteiger partial charge in [-0.15, -0.1) is 0 Å². The standard InChI is InChI=1S/C19H16N2O2/c20-9-11-3-1-2-4-12(11)10-21-17(22)15-13-5-6-14(16(15)18(21)23)19(13)7-8-19/h1-6,13-16H,7-8,10H2/t13-,14+,15-,16+. The van der Waals surface area contributed by atoms with Crippen LogP contribution in [0.25, 0.3) is 0 Å². The van der Waals surface area contributed by atoms with Gasteiger partial charge in [0.05, 0.1) is 30.0 Å². The van der Waals surface area contributed by atoms with Gasteiger partial charge in [-0.3, -0.25) is 14.5 Å². The van der Waals surface area contributed by atoms with Crippen LogP contribution in [0.2, 0.25) is 0 Å². The first-order chi connectivity index (χ1) is 11.2. The van der Waals surface area contributed by atoms with Gasteiger partial charge in [-0.05, 0) is 41.7 Å². The third-order valence-electron chi connectivity index (χ3n) is 6.41. The second-order valence-electron chi connectivity index (χ2n) is 7.25. The zero-order valence-corrected chi connectivity index (χ0v) is 12.6. The maximum absolute atomic E-state index is 12.9. The number of amides is 2. The number of nitrogens with zero attached hydrogens (tertiary/aromatic N) is 2. The van der Waals surface area contributed by atoms with E-state index < -0.39 is 0 Å². The summed E-state index contributed by atoms with van der Waals surface area (Å²) in [5, 5.41) is 9.21. The summed E-state index contributed by atoms with van der Waals surface area (Å²) in [6.45, 7) is 0.223. The van der Waals surface area contributed by atoms with E-state index in [9.17, 15) is 14.9 Å². The van der Waals surface area contributed by atoms with Crippen molar-refractivity contribution < 1.29 is 9.59 Å². The van der Waals surface area contributed by atoms with Gasteiger partial charge in [-0.25, -0.2) is 0 Å². The van der Waals surface area contributed by atoms with E-state index in [-0.39, 0.29) is 47.4 Å². The lowest BCUT2D eigenvalue weighted by Gasteiger charge is -2.22. The van der Waals surface area contributed by atoms with Crippen LogP contribution in [0.3, 0.4) is 0 Å². The van der Waals surface area contributed by atoms with Gasteiger partial charge in [-0.1, -0.05) is 30.4 Å². The summed E-state index contributed by atoms with van der Waals surface area (Å²) in [7, 11) is 0. The fourth-order valence-electron chi connectivity index (χ4n) is 5.23. The van der Waals surface area contributed by atoms with E-state index in [1.54, 1.807) is 12.1 Å². The molecule has 2 bridgehead atoms. The molecule has 114 valence electrons. The molecule has 2 saturated carbocycles. The van der Waals surface area contributed by atoms with E-state index in [2.05, 4.69) is 18.2 Å². The first kappa shape index (κ1) is 13.1. The molecule has 4 atom stereocenters. The minimum absolute atomic E-state index is 0.0316. The molecule has 0 radical (unpaired) electrons. The van der Waals surface area contributed by atoms with E-state index >= 15 is 0 Å². The number of hydrogen-bond acceptors (Lipinski definition) is 3. The van der Waals surface area contributed by atoms with Gasteiger partial charge in [0.2, 0.25) is 11.8 Å². The van der Waals surface area contributed by atoms with Gasteiger partial charge in [-0.2, -0.15) is 5.26 Å². The van der Waals surface area contributed by atoms with Crippen molar-refractivity contribution in [3.63, 3.8) is 0 Å². The van der Waals surface area contributed by atoms with Crippen molar-refractivity contribution >= 4 is 11.8 Å². The van der Waals surface area contributed by atoms with Crippen molar-refractivity contribution in [2.75, 3.05) is 0 Å². The molecule has 4 nitrogen and oxygen atoms in total. The van der Waals surface area contributed by atoms with Crippen LogP contribution in [0.4, 0.5) is 0 Å². The first-order valence-electron chi connectivity index (χ1n) is 8.19. The Bertz CT molecular complexity index is 781. The summed E-state index contributed by atoms with van der Waals surface area (Å²) in [5.41, 5.74) is 1.51. The number of carbonyl (C=O) groups is 2. The van der Waals surface area contributed by atoms with Crippen LogP contribution in [0.15, 0.2) is 36.4 Å². The molecule has 5 rings (SSSR count). The number of imide groups is 1. The number of fused-ring (bicyclic) bond motifs is 3. The monoisotopic (exact) mass is 304 g/mol. The van der Waals surface area contributed by atoms with Crippen molar-refractivity contribution in [2.24, 2.45) is 29.1 Å². The molecule has 1 spiro atoms. The van der Waals surface area contributed by atoms with Gasteiger partial charge in [0.15, 0.2) is 0 Å². The third-order valence-corrected chi connectivity index (χ3v) is 6.41. The Balaban J connectivity index is 1.48. The number of carbonyl (C=O) groups excluding carboxylic acids is 2. The zero-order chi connectivity index (χ0) is 15.8. The molecule has 1 aliphatic heterocycles. The van der Waals surface area contributed by atoms with Crippen LogP contribution in [0.5, 0.6) is 0 Å². The fourth-order valence-corrected chi connectivity index (χ4v) is 5.23. The molecule has 1 aromatic carbocycles. The Labute approximate surface area is 134 Å². The summed E-state index contributed by atoms with van der Waals surface area (Å²) in [5.74, 6) is 0.130. The van der Waals surface area contributed by atoms with E-state index in [4.69, 9.17) is 0 Å². The molecule has 1 heterocycles. The molecule has 0 unspecified atom stereocenters. The van der Waals surface area contributed by atoms with Crippen molar-refractivity contribution in [3.05, 3.63) is 47.5 Å². The predicted molar refractivity (Wildman–Crippen MR) is 81.5 cm³/mol. The first-order valence-corrected chi connectivity index (χ1v) is 8.19. The van der Waals surface area contributed by atoms with Crippen molar-refractivity contribution in [3.8, 4) is 6.07 Å². The molecule has 0 aromatic heterocycles. The van der Waals surface area contributed by atoms with Crippen LogP contribution < -0.4 is 0 Å². The largest absolute Gasteiger partial charge is 0.278 e. The Morgan fingerprint density at radius 1 is 1.09 bits per heavy atom. The molecule has 23 heavy (non-hydrogen) atoms. The number of rotatable bonds is 2. The van der Waals surface area contributed by atoms with Crippen LogP contribution in [0.1, 0.15) is 24.0 Å². The van der Waals surface area contributed by atoms with Crippen molar-refractivity contribution in [2.45, 2.75) is 19.4 Å². The highest BCUT2D eigenvalue weighted by atomic mass is 16.2. The predicted octanol–water partition coefficient (Wildman–Crippen LogP) is 2.26. The van der Waals surface area contributed by atoms with Gasteiger partial charge >= 0.3 is 0 Å². The summed E-state index contributed by atoms with van der Waals surface area (Å²) in [6, 6.07) is 9.33. The quantitative estimate of drug-likeness (QED) is 0.622. The molecular weight excluding hydrogens is 288 g/mol. The number of benzene rings is 1. The number of allylic oxidation sites excluding steroid dienone is 2. The molecule has 1 saturated heterocycles. The van der Waals surface area contributed by atoms with E-state index in [1.165, 1.54) is 4.90 Å². The van der Waals surface area contributed by atoms with Crippen LogP contribution in [-0.2, 0) is 16.1 Å². The molecule has 2 amide bonds. The Kier molecular flexibility index (Phi) is 2.33. The molecule has 3 aliphatic carbocycles. The molecular formula is C19H16N2O2. The van der Waals surface area contributed by atoms with E-state index in [0.717, 1.165) is 18.4 Å². The topological polar surface area (TPSA) is 61.2 Å². The van der Waals surface area contributed by atoms with Gasteiger partial charge in [0.1, 0.15) is 0 Å². The van der Waals surface area contributed by atoms with Gasteiger partial charge in [0, 0.05) is 0 Å². The molecule has 4 heteroatoms. The number of hydrogen-bond donors (Lipinski definition) is 0. The highest BCUT2D eigenvalue weighted by Gasteiger charge is 2.73. The summed E-state index contributed by atoms with van der Waals surface area (Å²) in [6.07, 6.45) is 6.66. The minimum Gasteiger partial charge on any atom is -0.278 e. The molecule has 3 fully saturated rings. The second kappa shape index (κ2) is 4.11. The smallest absolute Gasteiger partial charge is 0.234 e. The summed E-state index contributed by atoms with van der Waals surface area (Å²) >= 11 is 0. The average molecular weight is 304 g/mol. The van der Waals surface area contributed by atoms with Crippen molar-refractivity contribution in [1.29, 1.82) is 5.26 Å². The highest BCUT2D eigenvalue weighted by molar-refractivity contribution is 6.06. The maximum atomic E-state index is 12.9. The SMILES string of the molecule is N#Cc1ccccc1CN1C(=O)[C@@H]2[C@H](C1=O)[C@H]1C=C[C@@H]2C12CC2. The zero-order valence-electron chi connectivity index (χ0n) is 12.6. The lowest BCUT2D eigenvalue weighted by Crippen LogP contribution is -2.34. The lowest BCUT2D eigenvalue weighted by molar-refractivity contribution is -0.141. The number of nitriles is 1. The number of likely N-dealkylation sites (tertiary alicyclic amines) is 1. The summed E-state index contributed by atoms with van der Waals surface area (Å²) < 4.78 is 0. The van der Waals surface area contributed by atoms with Gasteiger partial charge in [0.25, 0.3) is 0 Å². The lowest BCUT2D eigenvalue weighted by atomic mass is 9.85. The fraction of sp³-hybridized carbons (Fsp3) is 0.421. The van der Waals surface area contributed by atoms with E-state index in [1.807, 2.05) is 12.1 Å². The summed E-state index contributed by atoms with van der Waals surface area (Å²) in [4.78, 5) is 27.2. The molecule has 4 aliphatic rings. The minimum atomic E-state index is -0.158. The molecule has 0 N–H and O–H groups in total. The maximum Gasteiger partial charge on any atom is 0.234 e. The van der Waals surface area contributed by atoms with Crippen LogP contribution >= 0.6 is 0 Å². The van der Waals surface area contributed by atoms with Gasteiger partial charge < -0.3 is 0 Å². The average Bonchev–Trinajstić information content (AvgIpc) is 3.18. The Hall–Kier alpha value is -2.41. The second-order valence-corrected chi connectivity index (χ2v) is 7.25. The van der Waals surface area contributed by atoms with E-state index in [0.29, 0.717) is 5.56 Å². The van der Waals surface area contributed by atoms with Crippen LogP contribution in [0, 0.1) is 40.4 Å². The highest BCUT2D eigenvalue weighted by Crippen LogP contribution is 2.73.